The summed E-state index contributed by atoms with van der Waals surface area (Å²) in [6.07, 6.45) is -0.0559. The van der Waals surface area contributed by atoms with Gasteiger partial charge in [-0.25, -0.2) is 0 Å². The average Bonchev–Trinajstić information content (AvgIpc) is 2.66. The van der Waals surface area contributed by atoms with E-state index in [4.69, 9.17) is 17.2 Å². The second kappa shape index (κ2) is 8.87. The largest absolute Gasteiger partial charge is 0.360 e. The zero-order chi connectivity index (χ0) is 20.9. The summed E-state index contributed by atoms with van der Waals surface area (Å²) in [5.41, 5.74) is 18.8. The van der Waals surface area contributed by atoms with Crippen molar-refractivity contribution in [1.82, 2.24) is 0 Å². The highest BCUT2D eigenvalue weighted by atomic mass is 31.2. The molecule has 0 fully saturated rings. The van der Waals surface area contributed by atoms with Crippen molar-refractivity contribution in [2.24, 2.45) is 17.2 Å². The van der Waals surface area contributed by atoms with Crippen LogP contribution in [0.4, 0.5) is 0 Å². The van der Waals surface area contributed by atoms with Crippen molar-refractivity contribution in [3.63, 3.8) is 0 Å². The molecule has 0 bridgehead atoms. The highest BCUT2D eigenvalue weighted by Crippen LogP contribution is 2.49. The van der Waals surface area contributed by atoms with Gasteiger partial charge in [0.1, 0.15) is 0 Å². The molecule has 150 valence electrons. The van der Waals surface area contributed by atoms with Crippen LogP contribution >= 0.6 is 7.60 Å². The Morgan fingerprint density at radius 1 is 0.821 bits per heavy atom. The normalized spacial score (nSPS) is 14.3. The van der Waals surface area contributed by atoms with E-state index in [2.05, 4.69) is 0 Å². The second-order valence-corrected chi connectivity index (χ2v) is 8.42. The molecular weight excluding hydrogens is 381 g/mol. The fourth-order valence-electron chi connectivity index (χ4n) is 2.90. The van der Waals surface area contributed by atoms with Crippen molar-refractivity contribution in [3.05, 3.63) is 71.8 Å². The van der Waals surface area contributed by atoms with Crippen LogP contribution in [-0.4, -0.2) is 38.7 Å². The van der Waals surface area contributed by atoms with Gasteiger partial charge in [-0.15, -0.1) is 0 Å². The molecule has 2 atom stereocenters. The molecule has 0 aliphatic heterocycles. The van der Waals surface area contributed by atoms with Gasteiger partial charge in [0.2, 0.25) is 5.28 Å². The summed E-state index contributed by atoms with van der Waals surface area (Å²) < 4.78 is 12.1. The Labute approximate surface area is 162 Å². The molecule has 2 aromatic carbocycles. The van der Waals surface area contributed by atoms with Gasteiger partial charge in [0.05, 0.1) is 12.1 Å². The molecule has 0 aromatic heterocycles. The van der Waals surface area contributed by atoms with Crippen LogP contribution in [0.1, 0.15) is 11.1 Å². The lowest BCUT2D eigenvalue weighted by Crippen LogP contribution is -2.64. The Balaban J connectivity index is 2.28. The third-order valence-electron chi connectivity index (χ3n) is 4.48. The number of ketones is 2. The molecule has 0 aliphatic carbocycles. The lowest BCUT2D eigenvalue weighted by molar-refractivity contribution is -0.133. The average molecular weight is 405 g/mol. The molecular formula is C19H24N3O5P. The van der Waals surface area contributed by atoms with Crippen LogP contribution in [0.25, 0.3) is 0 Å². The molecule has 0 radical (unpaired) electrons. The first kappa shape index (κ1) is 22.1. The van der Waals surface area contributed by atoms with Gasteiger partial charge in [-0.2, -0.15) is 0 Å². The number of carbonyl (C=O) groups excluding carboxylic acids is 2. The standard InChI is InChI=1S/C19H24N3O5P/c20-15(11-13-7-3-1-4-8-13)17(23)19(22,28(25,26)27)18(24)16(21)12-14-9-5-2-6-10-14/h1-10,15-16H,11-12,20-22H2,(H2,25,26,27)/t15-,16-/m0/s1. The van der Waals surface area contributed by atoms with Crippen molar-refractivity contribution in [2.45, 2.75) is 30.2 Å². The summed E-state index contributed by atoms with van der Waals surface area (Å²) >= 11 is 0. The SMILES string of the molecule is N[C@@H](Cc1ccccc1)C(=O)C(N)(C(=O)[C@@H](N)Cc1ccccc1)P(=O)(O)O. The van der Waals surface area contributed by atoms with E-state index < -0.39 is 36.5 Å². The van der Waals surface area contributed by atoms with Crippen molar-refractivity contribution in [3.8, 4) is 0 Å². The number of benzene rings is 2. The molecule has 0 saturated carbocycles. The summed E-state index contributed by atoms with van der Waals surface area (Å²) in [6.45, 7) is 0. The van der Waals surface area contributed by atoms with Gasteiger partial charge < -0.3 is 27.0 Å². The number of Topliss-reactive ketones (excluding diaryl/α,β-unsaturated/α-hetero) is 2. The first-order valence-corrected chi connectivity index (χ1v) is 10.2. The summed E-state index contributed by atoms with van der Waals surface area (Å²) in [6, 6.07) is 14.5. The molecule has 0 saturated heterocycles. The molecule has 8 nitrogen and oxygen atoms in total. The number of carbonyl (C=O) groups is 2. The Morgan fingerprint density at radius 3 is 1.43 bits per heavy atom. The Morgan fingerprint density at radius 2 is 1.14 bits per heavy atom. The molecule has 28 heavy (non-hydrogen) atoms. The minimum Gasteiger partial charge on any atom is -0.322 e. The maximum atomic E-state index is 12.8. The first-order valence-electron chi connectivity index (χ1n) is 8.59. The quantitative estimate of drug-likeness (QED) is 0.289. The van der Waals surface area contributed by atoms with Gasteiger partial charge in [-0.3, -0.25) is 14.2 Å². The maximum Gasteiger partial charge on any atom is 0.360 e. The fraction of sp³-hybridized carbons (Fsp3) is 0.263. The van der Waals surface area contributed by atoms with E-state index in [-0.39, 0.29) is 12.8 Å². The Hall–Kier alpha value is -2.19. The molecule has 0 spiro atoms. The zero-order valence-corrected chi connectivity index (χ0v) is 16.0. The van der Waals surface area contributed by atoms with Crippen LogP contribution in [0, 0.1) is 0 Å². The van der Waals surface area contributed by atoms with Crippen LogP contribution in [0.2, 0.25) is 0 Å². The van der Waals surface area contributed by atoms with Gasteiger partial charge >= 0.3 is 7.60 Å². The maximum absolute atomic E-state index is 12.8. The van der Waals surface area contributed by atoms with E-state index >= 15 is 0 Å². The zero-order valence-electron chi connectivity index (χ0n) is 15.1. The molecule has 0 unspecified atom stereocenters. The fourth-order valence-corrected chi connectivity index (χ4v) is 3.80. The smallest absolute Gasteiger partial charge is 0.322 e. The summed E-state index contributed by atoms with van der Waals surface area (Å²) in [4.78, 5) is 45.1. The molecule has 0 heterocycles. The van der Waals surface area contributed by atoms with Gasteiger partial charge in [-0.1, -0.05) is 60.7 Å². The van der Waals surface area contributed by atoms with E-state index in [0.29, 0.717) is 11.1 Å². The molecule has 9 heteroatoms. The van der Waals surface area contributed by atoms with Crippen LogP contribution in [0.5, 0.6) is 0 Å². The van der Waals surface area contributed by atoms with E-state index in [0.717, 1.165) is 0 Å². The second-order valence-electron chi connectivity index (χ2n) is 6.63. The third-order valence-corrected chi connectivity index (χ3v) is 5.84. The lowest BCUT2D eigenvalue weighted by atomic mass is 9.91. The minimum absolute atomic E-state index is 0.0279. The lowest BCUT2D eigenvalue weighted by Gasteiger charge is -2.31. The van der Waals surface area contributed by atoms with Gasteiger partial charge in [0.25, 0.3) is 0 Å². The van der Waals surface area contributed by atoms with Gasteiger partial charge in [0, 0.05) is 0 Å². The highest BCUT2D eigenvalue weighted by molar-refractivity contribution is 7.56. The van der Waals surface area contributed by atoms with E-state index in [1.54, 1.807) is 60.7 Å². The van der Waals surface area contributed by atoms with E-state index in [9.17, 15) is 23.9 Å². The van der Waals surface area contributed by atoms with E-state index in [1.807, 2.05) is 0 Å². The monoisotopic (exact) mass is 405 g/mol. The minimum atomic E-state index is -5.40. The van der Waals surface area contributed by atoms with Crippen LogP contribution in [0.3, 0.4) is 0 Å². The highest BCUT2D eigenvalue weighted by Gasteiger charge is 2.58. The third kappa shape index (κ3) is 4.80. The number of hydrogen-bond acceptors (Lipinski definition) is 6. The molecule has 2 rings (SSSR count). The number of nitrogens with two attached hydrogens (primary N) is 3. The first-order chi connectivity index (χ1) is 13.1. The molecule has 8 N–H and O–H groups in total. The van der Waals surface area contributed by atoms with Crippen molar-refractivity contribution >= 4 is 19.2 Å². The van der Waals surface area contributed by atoms with Crippen molar-refractivity contribution in [1.29, 1.82) is 0 Å². The molecule has 0 amide bonds. The molecule has 2 aromatic rings. The van der Waals surface area contributed by atoms with Crippen molar-refractivity contribution < 1.29 is 23.9 Å². The predicted molar refractivity (Wildman–Crippen MR) is 105 cm³/mol. The number of hydrogen-bond donors (Lipinski definition) is 5. The van der Waals surface area contributed by atoms with Crippen molar-refractivity contribution in [2.75, 3.05) is 0 Å². The van der Waals surface area contributed by atoms with E-state index in [1.165, 1.54) is 0 Å². The topological polar surface area (TPSA) is 170 Å². The Bertz CT molecular complexity index is 810. The van der Waals surface area contributed by atoms with Crippen LogP contribution in [0.15, 0.2) is 60.7 Å². The summed E-state index contributed by atoms with van der Waals surface area (Å²) in [7, 11) is -5.40. The Kier molecular flexibility index (Phi) is 7.01. The van der Waals surface area contributed by atoms with Crippen LogP contribution in [-0.2, 0) is 27.0 Å². The molecule has 0 aliphatic rings. The van der Waals surface area contributed by atoms with Crippen LogP contribution < -0.4 is 17.2 Å². The number of rotatable bonds is 9. The van der Waals surface area contributed by atoms with Gasteiger partial charge in [0.15, 0.2) is 11.6 Å². The summed E-state index contributed by atoms with van der Waals surface area (Å²) in [5, 5.41) is -3.10. The van der Waals surface area contributed by atoms with Gasteiger partial charge in [-0.05, 0) is 24.0 Å². The predicted octanol–water partition coefficient (Wildman–Crippen LogP) is 0.0973. The summed E-state index contributed by atoms with van der Waals surface area (Å²) in [5.74, 6) is -2.48.